The van der Waals surface area contributed by atoms with Gasteiger partial charge in [0.2, 0.25) is 0 Å². The summed E-state index contributed by atoms with van der Waals surface area (Å²) in [5.41, 5.74) is 3.91. The first-order valence-corrected chi connectivity index (χ1v) is 8.82. The van der Waals surface area contributed by atoms with Crippen LogP contribution < -0.4 is 10.6 Å². The number of benzene rings is 1. The zero-order valence-electron chi connectivity index (χ0n) is 14.6. The third-order valence-corrected chi connectivity index (χ3v) is 4.29. The van der Waals surface area contributed by atoms with Crippen LogP contribution in [0.2, 0.25) is 0 Å². The van der Waals surface area contributed by atoms with Gasteiger partial charge in [0, 0.05) is 12.2 Å². The molecule has 0 atom stereocenters. The van der Waals surface area contributed by atoms with Crippen LogP contribution in [0.3, 0.4) is 0 Å². The Morgan fingerprint density at radius 3 is 2.84 bits per heavy atom. The summed E-state index contributed by atoms with van der Waals surface area (Å²) in [5.74, 6) is 0.445. The molecule has 2 N–H and O–H groups in total. The normalized spacial score (nSPS) is 13.9. The highest BCUT2D eigenvalue weighted by Gasteiger charge is 2.09. The van der Waals surface area contributed by atoms with Crippen LogP contribution in [0.25, 0.3) is 0 Å². The van der Waals surface area contributed by atoms with Gasteiger partial charge >= 0.3 is 0 Å². The maximum absolute atomic E-state index is 12.1. The van der Waals surface area contributed by atoms with Crippen molar-refractivity contribution >= 4 is 17.4 Å². The van der Waals surface area contributed by atoms with E-state index in [1.54, 1.807) is 6.20 Å². The predicted molar refractivity (Wildman–Crippen MR) is 100.0 cm³/mol. The second-order valence-electron chi connectivity index (χ2n) is 6.40. The van der Waals surface area contributed by atoms with Crippen LogP contribution in [0.5, 0.6) is 0 Å². The van der Waals surface area contributed by atoms with Crippen LogP contribution in [0, 0.1) is 6.92 Å². The molecule has 0 spiro atoms. The maximum atomic E-state index is 12.1. The summed E-state index contributed by atoms with van der Waals surface area (Å²) >= 11 is 0. The second kappa shape index (κ2) is 8.42. The number of rotatable bonds is 6. The first-order chi connectivity index (χ1) is 12.2. The lowest BCUT2D eigenvalue weighted by Gasteiger charge is -2.12. The van der Waals surface area contributed by atoms with Crippen molar-refractivity contribution in [1.29, 1.82) is 0 Å². The average molecular weight is 336 g/mol. The van der Waals surface area contributed by atoms with Crippen molar-refractivity contribution in [3.8, 4) is 0 Å². The van der Waals surface area contributed by atoms with Crippen LogP contribution in [0.15, 0.2) is 48.3 Å². The highest BCUT2D eigenvalue weighted by atomic mass is 16.1. The molecule has 130 valence electrons. The molecule has 0 saturated heterocycles. The summed E-state index contributed by atoms with van der Waals surface area (Å²) in [6.45, 7) is 2.68. The largest absolute Gasteiger partial charge is 0.350 e. The van der Waals surface area contributed by atoms with Crippen molar-refractivity contribution in [3.63, 3.8) is 0 Å². The molecule has 1 aromatic carbocycles. The van der Waals surface area contributed by atoms with Gasteiger partial charge in [-0.2, -0.15) is 0 Å². The molecule has 3 rings (SSSR count). The molecule has 1 heterocycles. The van der Waals surface area contributed by atoms with Crippen molar-refractivity contribution < 1.29 is 4.79 Å². The second-order valence-corrected chi connectivity index (χ2v) is 6.40. The lowest BCUT2D eigenvalue weighted by atomic mass is 9.97. The summed E-state index contributed by atoms with van der Waals surface area (Å²) in [5, 5.41) is 6.10. The summed E-state index contributed by atoms with van der Waals surface area (Å²) < 4.78 is 0. The topological polar surface area (TPSA) is 66.9 Å². The van der Waals surface area contributed by atoms with Gasteiger partial charge in [-0.05, 0) is 56.7 Å². The molecule has 2 aromatic rings. The lowest BCUT2D eigenvalue weighted by molar-refractivity contribution is 0.0948. The maximum Gasteiger partial charge on any atom is 0.271 e. The number of hydrogen-bond acceptors (Lipinski definition) is 4. The number of aryl methyl sites for hydroxylation is 1. The summed E-state index contributed by atoms with van der Waals surface area (Å²) in [7, 11) is 0. The lowest BCUT2D eigenvalue weighted by Crippen LogP contribution is -2.26. The molecular weight excluding hydrogens is 312 g/mol. The molecule has 0 aliphatic heterocycles. The Kier molecular flexibility index (Phi) is 5.77. The molecular formula is C20H24N4O. The van der Waals surface area contributed by atoms with Crippen LogP contribution in [0.4, 0.5) is 11.5 Å². The molecule has 0 radical (unpaired) electrons. The standard InChI is InChI=1S/C20H24N4O/c1-15-6-5-9-17(12-15)24-19-14-22-18(13-23-19)20(25)21-11-10-16-7-3-2-4-8-16/h5-7,9,12-14H,2-4,8,10-11H2,1H3,(H,21,25)(H,23,24). The Bertz CT molecular complexity index is 753. The van der Waals surface area contributed by atoms with Gasteiger partial charge in [-0.1, -0.05) is 23.8 Å². The molecule has 5 heteroatoms. The minimum absolute atomic E-state index is 0.175. The number of allylic oxidation sites excluding steroid dienone is 1. The number of amides is 1. The van der Waals surface area contributed by atoms with Crippen molar-refractivity contribution in [2.75, 3.05) is 11.9 Å². The van der Waals surface area contributed by atoms with E-state index in [9.17, 15) is 4.79 Å². The van der Waals surface area contributed by atoms with Gasteiger partial charge in [0.05, 0.1) is 12.4 Å². The molecule has 1 aromatic heterocycles. The number of hydrogen-bond donors (Lipinski definition) is 2. The third kappa shape index (κ3) is 5.14. The van der Waals surface area contributed by atoms with E-state index in [1.165, 1.54) is 36.6 Å². The van der Waals surface area contributed by atoms with E-state index in [0.717, 1.165) is 18.5 Å². The van der Waals surface area contributed by atoms with E-state index in [1.807, 2.05) is 31.2 Å². The zero-order valence-corrected chi connectivity index (χ0v) is 14.6. The molecule has 0 saturated carbocycles. The van der Waals surface area contributed by atoms with E-state index in [4.69, 9.17) is 0 Å². The number of anilines is 2. The molecule has 25 heavy (non-hydrogen) atoms. The number of nitrogens with zero attached hydrogens (tertiary/aromatic N) is 2. The quantitative estimate of drug-likeness (QED) is 0.778. The SMILES string of the molecule is Cc1cccc(Nc2cnc(C(=O)NCCC3=CCCCC3)cn2)c1. The van der Waals surface area contributed by atoms with Gasteiger partial charge in [-0.25, -0.2) is 9.97 Å². The monoisotopic (exact) mass is 336 g/mol. The molecule has 0 fully saturated rings. The Morgan fingerprint density at radius 1 is 1.20 bits per heavy atom. The van der Waals surface area contributed by atoms with Crippen LogP contribution >= 0.6 is 0 Å². The molecule has 1 amide bonds. The Morgan fingerprint density at radius 2 is 2.12 bits per heavy atom. The average Bonchev–Trinajstić information content (AvgIpc) is 2.63. The van der Waals surface area contributed by atoms with Crippen molar-refractivity contribution in [2.45, 2.75) is 39.0 Å². The van der Waals surface area contributed by atoms with E-state index in [-0.39, 0.29) is 5.91 Å². The van der Waals surface area contributed by atoms with Gasteiger partial charge in [0.25, 0.3) is 5.91 Å². The van der Waals surface area contributed by atoms with E-state index < -0.39 is 0 Å². The van der Waals surface area contributed by atoms with Crippen LogP contribution in [-0.4, -0.2) is 22.4 Å². The highest BCUT2D eigenvalue weighted by molar-refractivity contribution is 5.92. The summed E-state index contributed by atoms with van der Waals surface area (Å²) in [6, 6.07) is 8.01. The van der Waals surface area contributed by atoms with Crippen molar-refractivity contribution in [1.82, 2.24) is 15.3 Å². The number of nitrogens with one attached hydrogen (secondary N) is 2. The van der Waals surface area contributed by atoms with Gasteiger partial charge in [0.15, 0.2) is 0 Å². The Balaban J connectivity index is 1.51. The van der Waals surface area contributed by atoms with E-state index >= 15 is 0 Å². The van der Waals surface area contributed by atoms with Crippen molar-refractivity contribution in [2.24, 2.45) is 0 Å². The summed E-state index contributed by atoms with van der Waals surface area (Å²) in [6.07, 6.45) is 11.2. The highest BCUT2D eigenvalue weighted by Crippen LogP contribution is 2.19. The molecule has 1 aliphatic rings. The minimum Gasteiger partial charge on any atom is -0.350 e. The molecule has 5 nitrogen and oxygen atoms in total. The van der Waals surface area contributed by atoms with E-state index in [2.05, 4.69) is 26.7 Å². The fourth-order valence-corrected chi connectivity index (χ4v) is 2.94. The molecule has 0 unspecified atom stereocenters. The van der Waals surface area contributed by atoms with E-state index in [0.29, 0.717) is 18.1 Å². The Hall–Kier alpha value is -2.69. The number of carbonyl (C=O) groups is 1. The molecule has 1 aliphatic carbocycles. The van der Waals surface area contributed by atoms with Gasteiger partial charge in [-0.15, -0.1) is 0 Å². The predicted octanol–water partition coefficient (Wildman–Crippen LogP) is 4.15. The fourth-order valence-electron chi connectivity index (χ4n) is 2.94. The zero-order chi connectivity index (χ0) is 17.5. The van der Waals surface area contributed by atoms with Gasteiger partial charge in [0.1, 0.15) is 11.5 Å². The first kappa shape index (κ1) is 17.1. The smallest absolute Gasteiger partial charge is 0.271 e. The number of aromatic nitrogens is 2. The van der Waals surface area contributed by atoms with Gasteiger partial charge < -0.3 is 10.6 Å². The first-order valence-electron chi connectivity index (χ1n) is 8.82. The fraction of sp³-hybridized carbons (Fsp3) is 0.350. The number of carbonyl (C=O) groups excluding carboxylic acids is 1. The minimum atomic E-state index is -0.175. The van der Waals surface area contributed by atoms with Crippen molar-refractivity contribution in [3.05, 3.63) is 59.6 Å². The van der Waals surface area contributed by atoms with Crippen LogP contribution in [-0.2, 0) is 0 Å². The van der Waals surface area contributed by atoms with Gasteiger partial charge in [-0.3, -0.25) is 4.79 Å². The summed E-state index contributed by atoms with van der Waals surface area (Å²) in [4.78, 5) is 20.6. The third-order valence-electron chi connectivity index (χ3n) is 4.29. The van der Waals surface area contributed by atoms with Crippen LogP contribution in [0.1, 0.15) is 48.2 Å². The molecule has 0 bridgehead atoms. The Labute approximate surface area is 148 Å².